The van der Waals surface area contributed by atoms with Crippen LogP contribution in [0.1, 0.15) is 208 Å². The third-order valence-electron chi connectivity index (χ3n) is 21.7. The van der Waals surface area contributed by atoms with Crippen molar-refractivity contribution in [1.29, 1.82) is 0 Å². The van der Waals surface area contributed by atoms with E-state index in [2.05, 4.69) is 47.6 Å². The summed E-state index contributed by atoms with van der Waals surface area (Å²) in [6.07, 6.45) is 2.03. The molecule has 39 heteroatoms. The third-order valence-corrected chi connectivity index (χ3v) is 21.7. The van der Waals surface area contributed by atoms with Crippen molar-refractivity contribution >= 4 is 91.2 Å². The van der Waals surface area contributed by atoms with E-state index < -0.39 is 131 Å². The lowest BCUT2D eigenvalue weighted by Gasteiger charge is -2.35. The lowest BCUT2D eigenvalue weighted by molar-refractivity contribution is -0.0781. The minimum Gasteiger partial charge on any atom is -0.444 e. The van der Waals surface area contributed by atoms with E-state index >= 15 is 17.6 Å². The summed E-state index contributed by atoms with van der Waals surface area (Å²) in [6, 6.07) is 23.2. The first-order chi connectivity index (χ1) is 61.9. The Morgan fingerprint density at radius 3 is 1.43 bits per heavy atom. The summed E-state index contributed by atoms with van der Waals surface area (Å²) in [4.78, 5) is 103. The van der Waals surface area contributed by atoms with Crippen molar-refractivity contribution in [1.82, 2.24) is 60.8 Å². The number of aryl methyl sites for hydroxylation is 3. The number of nitrogens with zero attached hydrogens (tertiary/aromatic N) is 9. The SMILES string of the molecule is Cc1cc(C[C@H]2CN(C(=O)OC(C)(C)C)C[C@H]2OCCN(CC(F)(F)C2CCCCN2)C(=O)OC(C)(C)C)nc(NC(=O)OC(C)(C)C)c1.Cc1cc(C[C@H]2CN(C(=O)OC(C)(C)C)C[C@H]2OCCN(CC(F)(F)c2ccccn2)C(=O)OC(C)(C)C)nc(N(Cc2ccccc2)C(=O)OC(C)(C)C)c1.Cc1cc(N)nc(C[C@H]2CNC[C@H]2OCCNCC(F)(F)C2CCCCN2)c1.Cl.Cl.Cl. The largest absolute Gasteiger partial charge is 0.444 e. The second-order valence-electron chi connectivity index (χ2n) is 41.2. The minimum absolute atomic E-state index is 0. The van der Waals surface area contributed by atoms with Gasteiger partial charge in [-0.1, -0.05) is 49.2 Å². The fraction of sp³-hybridized carbons (Fsp3) is 0.670. The van der Waals surface area contributed by atoms with Gasteiger partial charge < -0.3 is 79.4 Å². The maximum absolute atomic E-state index is 15.4. The first-order valence-electron chi connectivity index (χ1n) is 46.3. The first-order valence-corrected chi connectivity index (χ1v) is 46.3. The van der Waals surface area contributed by atoms with E-state index in [-0.39, 0.29) is 114 Å². The normalized spacial score (nSPS) is 19.4. The van der Waals surface area contributed by atoms with Gasteiger partial charge in [0.05, 0.1) is 89.5 Å². The molecule has 0 bridgehead atoms. The number of ether oxygens (including phenoxy) is 9. The molecule has 136 heavy (non-hydrogen) atoms. The number of hydrogen-bond acceptors (Lipinski definition) is 24. The molecule has 0 radical (unpaired) electrons. The average Bonchev–Trinajstić information content (AvgIpc) is 1.72. The Hall–Kier alpha value is -8.59. The number of nitrogen functional groups attached to an aromatic ring is 1. The van der Waals surface area contributed by atoms with E-state index in [0.29, 0.717) is 99.6 Å². The van der Waals surface area contributed by atoms with Gasteiger partial charge in [0.1, 0.15) is 56.8 Å². The van der Waals surface area contributed by atoms with Crippen LogP contribution < -0.4 is 37.2 Å². The molecule has 5 aliphatic rings. The standard InChI is InChI=1S/C42H57F2N5O7.C35H57F2N5O7.C20H33F2N5O.3ClH/c1-29-22-32(46-35(23-29)49(38(52)56-41(8,9)10)25-30-16-12-11-13-17-30)24-31-26-48(37(51)55-40(5,6)7)27-33(31)53-21-20-47(36(50)54-39(2,3)4)28-42(43,44)34-18-14-15-19-45-34;1-23-17-25(39-28(18-23)40-29(43)47-32(2,3)4)19-24-20-42(31(45)49-34(8,9)10)21-26(24)46-16-15-41(30(44)48-33(5,6)7)22-35(36,37)27-13-11-12-14-38-27;1-14-8-16(27-19(23)9-14)10-15-11-25-12-17(15)28-7-6-24-13-20(21,22)18-4-2-3-5-26-18;;;/h11-19,22-23,31,33H,20-21,24-28H2,1-10H3;17-18,24,26-27,38H,11-16,19-22H2,1-10H3,(H,39,40,43);8-9,15,17-18,24-26H,2-7,10-13H2,1H3,(H2,23,27);3*1H/t31-,33+;24-,26+,27?;15-,17+,18?;;;/m000.../s1. The Morgan fingerprint density at radius 1 is 0.485 bits per heavy atom. The number of aromatic nitrogens is 4. The highest BCUT2D eigenvalue weighted by Gasteiger charge is 2.47. The van der Waals surface area contributed by atoms with E-state index in [4.69, 9.17) is 53.3 Å². The molecule has 1 aromatic carbocycles. The molecule has 0 saturated carbocycles. The van der Waals surface area contributed by atoms with Gasteiger partial charge in [-0.3, -0.25) is 25.0 Å². The smallest absolute Gasteiger partial charge is 0.416 e. The highest BCUT2D eigenvalue weighted by molar-refractivity contribution is 5.87. The van der Waals surface area contributed by atoms with Gasteiger partial charge in [0.15, 0.2) is 0 Å². The number of hydrogen-bond donors (Lipinski definition) is 6. The summed E-state index contributed by atoms with van der Waals surface area (Å²) in [7, 11) is 0. The molecule has 2 unspecified atom stereocenters. The van der Waals surface area contributed by atoms with Crippen LogP contribution in [-0.2, 0) is 74.4 Å². The topological polar surface area (TPSA) is 339 Å². The molecule has 8 atom stereocenters. The zero-order chi connectivity index (χ0) is 98.2. The van der Waals surface area contributed by atoms with E-state index in [0.717, 1.165) is 76.5 Å². The van der Waals surface area contributed by atoms with Crippen molar-refractivity contribution in [3.05, 3.63) is 136 Å². The van der Waals surface area contributed by atoms with Crippen molar-refractivity contribution < 1.29 is 97.7 Å². The van der Waals surface area contributed by atoms with Gasteiger partial charge >= 0.3 is 42.5 Å². The Bertz CT molecular complexity index is 4540. The van der Waals surface area contributed by atoms with E-state index in [1.165, 1.54) is 29.3 Å². The number of halogens is 9. The van der Waals surface area contributed by atoms with E-state index in [1.54, 1.807) is 140 Å². The number of benzene rings is 1. The highest BCUT2D eigenvalue weighted by atomic mass is 35.5. The van der Waals surface area contributed by atoms with Crippen LogP contribution in [-0.4, -0.2) is 263 Å². The number of piperidine rings is 2. The van der Waals surface area contributed by atoms with Crippen molar-refractivity contribution in [3.63, 3.8) is 0 Å². The maximum Gasteiger partial charge on any atom is 0.416 e. The van der Waals surface area contributed by atoms with Crippen molar-refractivity contribution in [3.8, 4) is 0 Å². The van der Waals surface area contributed by atoms with Crippen LogP contribution in [0.15, 0.2) is 91.1 Å². The number of carbonyl (C=O) groups is 6. The fourth-order valence-electron chi connectivity index (χ4n) is 15.9. The lowest BCUT2D eigenvalue weighted by Crippen LogP contribution is -2.55. The molecular formula is C97H150Cl3F6N15O15. The predicted octanol–water partition coefficient (Wildman–Crippen LogP) is 17.8. The zero-order valence-corrected chi connectivity index (χ0v) is 85.5. The number of nitrogens with one attached hydrogen (secondary N) is 5. The Balaban J connectivity index is 0.000000374. The Labute approximate surface area is 818 Å². The number of alkyl halides is 6. The van der Waals surface area contributed by atoms with Crippen molar-refractivity contribution in [2.75, 3.05) is 127 Å². The number of carbonyl (C=O) groups excluding carboxylic acids is 6. The number of pyridine rings is 4. The van der Waals surface area contributed by atoms with Crippen molar-refractivity contribution in [2.45, 2.75) is 292 Å². The summed E-state index contributed by atoms with van der Waals surface area (Å²) in [5.74, 6) is -8.36. The quantitative estimate of drug-likeness (QED) is 0.0136. The van der Waals surface area contributed by atoms with Gasteiger partial charge in [0.25, 0.3) is 11.8 Å². The van der Waals surface area contributed by atoms with E-state index in [9.17, 15) is 37.5 Å². The molecule has 5 aromatic rings. The Morgan fingerprint density at radius 2 is 0.941 bits per heavy atom. The minimum atomic E-state index is -3.47. The number of anilines is 3. The van der Waals surface area contributed by atoms with E-state index in [1.807, 2.05) is 75.4 Å². The van der Waals surface area contributed by atoms with Crippen molar-refractivity contribution in [2.24, 2.45) is 17.8 Å². The Kier molecular flexibility index (Phi) is 45.1. The van der Waals surface area contributed by atoms with Crippen LogP contribution in [0.4, 0.5) is 72.6 Å². The molecule has 0 aliphatic carbocycles. The van der Waals surface area contributed by atoms with Gasteiger partial charge in [-0.15, -0.1) is 37.2 Å². The number of amides is 6. The number of nitrogens with two attached hydrogens (primary N) is 1. The fourth-order valence-corrected chi connectivity index (χ4v) is 15.9. The molecule has 4 aromatic heterocycles. The second-order valence-corrected chi connectivity index (χ2v) is 41.2. The molecule has 6 amide bonds. The van der Waals surface area contributed by atoms with Gasteiger partial charge in [-0.2, -0.15) is 8.78 Å². The average molecular weight is 1990 g/mol. The maximum atomic E-state index is 15.4. The third kappa shape index (κ3) is 41.4. The predicted molar refractivity (Wildman–Crippen MR) is 519 cm³/mol. The molecule has 9 heterocycles. The summed E-state index contributed by atoms with van der Waals surface area (Å²) < 4.78 is 142. The molecule has 0 spiro atoms. The molecule has 7 N–H and O–H groups in total. The van der Waals surface area contributed by atoms with Crippen LogP contribution in [0.5, 0.6) is 0 Å². The summed E-state index contributed by atoms with van der Waals surface area (Å²) in [6.45, 7) is 39.3. The van der Waals surface area contributed by atoms with Gasteiger partial charge in [-0.05, 0) is 274 Å². The molecule has 5 fully saturated rings. The second kappa shape index (κ2) is 52.1. The number of rotatable bonds is 31. The number of likely N-dealkylation sites (tertiary alicyclic amines) is 2. The molecular weight excluding hydrogens is 1840 g/mol. The first kappa shape index (κ1) is 118. The van der Waals surface area contributed by atoms with Crippen LogP contribution >= 0.6 is 37.2 Å². The van der Waals surface area contributed by atoms with Gasteiger partial charge in [-0.25, -0.2) is 61.3 Å². The van der Waals surface area contributed by atoms with Gasteiger partial charge in [0.2, 0.25) is 0 Å². The molecule has 5 saturated heterocycles. The molecule has 30 nitrogen and oxygen atoms in total. The van der Waals surface area contributed by atoms with Gasteiger partial charge in [0, 0.05) is 86.8 Å². The van der Waals surface area contributed by atoms with Crippen LogP contribution in [0.25, 0.3) is 0 Å². The van der Waals surface area contributed by atoms with Crippen LogP contribution in [0.3, 0.4) is 0 Å². The van der Waals surface area contributed by atoms with Crippen LogP contribution in [0, 0.1) is 38.5 Å². The summed E-state index contributed by atoms with van der Waals surface area (Å²) >= 11 is 0. The summed E-state index contributed by atoms with van der Waals surface area (Å²) in [5, 5.41) is 14.7. The highest BCUT2D eigenvalue weighted by Crippen LogP contribution is 2.35. The lowest BCUT2D eigenvalue weighted by atomic mass is 9.98. The summed E-state index contributed by atoms with van der Waals surface area (Å²) in [5.41, 5.74) is 6.66. The molecule has 5 aliphatic heterocycles. The zero-order valence-electron chi connectivity index (χ0n) is 83.1. The monoisotopic (exact) mass is 1980 g/mol. The van der Waals surface area contributed by atoms with Crippen LogP contribution in [0.2, 0.25) is 0 Å². The molecule has 766 valence electrons. The molecule has 10 rings (SSSR count).